The molecule has 0 bridgehead atoms. The standard InChI is InChI=1S/C18H19FN2O3S/c19-15-8-10-17(11-9-15)25(23,24)21(16-6-2-1-3-7-16)14-18(22)20-12-4-5-13-20/h1-3,6-11H,4-5,12-14H2. The first-order chi connectivity index (χ1) is 12.0. The predicted octanol–water partition coefficient (Wildman–Crippen LogP) is 2.64. The van der Waals surface area contributed by atoms with Gasteiger partial charge in [0, 0.05) is 13.1 Å². The van der Waals surface area contributed by atoms with Gasteiger partial charge in [0.1, 0.15) is 12.4 Å². The van der Waals surface area contributed by atoms with Gasteiger partial charge in [-0.3, -0.25) is 9.10 Å². The van der Waals surface area contributed by atoms with Crippen molar-refractivity contribution in [1.82, 2.24) is 4.90 Å². The summed E-state index contributed by atoms with van der Waals surface area (Å²) in [6.45, 7) is 1.03. The molecular weight excluding hydrogens is 343 g/mol. The van der Waals surface area contributed by atoms with E-state index in [1.165, 1.54) is 12.1 Å². The molecule has 1 fully saturated rings. The first-order valence-electron chi connectivity index (χ1n) is 8.09. The van der Waals surface area contributed by atoms with Crippen molar-refractivity contribution in [1.29, 1.82) is 0 Å². The highest BCUT2D eigenvalue weighted by Gasteiger charge is 2.29. The molecule has 0 saturated carbocycles. The van der Waals surface area contributed by atoms with Crippen LogP contribution in [0.3, 0.4) is 0 Å². The van der Waals surface area contributed by atoms with Crippen LogP contribution in [0.15, 0.2) is 59.5 Å². The van der Waals surface area contributed by atoms with E-state index in [1.54, 1.807) is 35.2 Å². The third-order valence-corrected chi connectivity index (χ3v) is 5.97. The topological polar surface area (TPSA) is 57.7 Å². The molecule has 25 heavy (non-hydrogen) atoms. The number of para-hydroxylation sites is 1. The molecule has 0 aliphatic carbocycles. The fraction of sp³-hybridized carbons (Fsp3) is 0.278. The molecule has 0 radical (unpaired) electrons. The van der Waals surface area contributed by atoms with Crippen molar-refractivity contribution < 1.29 is 17.6 Å². The highest BCUT2D eigenvalue weighted by molar-refractivity contribution is 7.92. The summed E-state index contributed by atoms with van der Waals surface area (Å²) in [6, 6.07) is 13.1. The number of amides is 1. The van der Waals surface area contributed by atoms with Crippen LogP contribution in [0.1, 0.15) is 12.8 Å². The Hall–Kier alpha value is -2.41. The Morgan fingerprint density at radius 2 is 1.60 bits per heavy atom. The van der Waals surface area contributed by atoms with Gasteiger partial charge in [-0.15, -0.1) is 0 Å². The van der Waals surface area contributed by atoms with Crippen molar-refractivity contribution in [2.45, 2.75) is 17.7 Å². The Morgan fingerprint density at radius 3 is 2.20 bits per heavy atom. The number of carbonyl (C=O) groups is 1. The summed E-state index contributed by atoms with van der Waals surface area (Å²) < 4.78 is 40.3. The summed E-state index contributed by atoms with van der Waals surface area (Å²) in [7, 11) is -3.98. The fourth-order valence-electron chi connectivity index (χ4n) is 2.83. The number of carbonyl (C=O) groups excluding carboxylic acids is 1. The zero-order valence-corrected chi connectivity index (χ0v) is 14.5. The van der Waals surface area contributed by atoms with E-state index < -0.39 is 15.8 Å². The normalized spacial score (nSPS) is 14.5. The molecule has 0 aromatic heterocycles. The van der Waals surface area contributed by atoms with E-state index in [0.717, 1.165) is 29.3 Å². The van der Waals surface area contributed by atoms with Gasteiger partial charge >= 0.3 is 0 Å². The molecule has 0 unspecified atom stereocenters. The number of halogens is 1. The molecular formula is C18H19FN2O3S. The van der Waals surface area contributed by atoms with Gasteiger partial charge in [0.05, 0.1) is 10.6 Å². The van der Waals surface area contributed by atoms with Crippen molar-refractivity contribution in [2.75, 3.05) is 23.9 Å². The summed E-state index contributed by atoms with van der Waals surface area (Å²) in [6.07, 6.45) is 1.86. The van der Waals surface area contributed by atoms with Crippen molar-refractivity contribution in [3.05, 3.63) is 60.4 Å². The molecule has 5 nitrogen and oxygen atoms in total. The number of benzene rings is 2. The summed E-state index contributed by atoms with van der Waals surface area (Å²) in [5, 5.41) is 0. The minimum absolute atomic E-state index is 0.0491. The van der Waals surface area contributed by atoms with Gasteiger partial charge in [-0.1, -0.05) is 18.2 Å². The van der Waals surface area contributed by atoms with Crippen LogP contribution >= 0.6 is 0 Å². The van der Waals surface area contributed by atoms with Gasteiger partial charge in [-0.25, -0.2) is 12.8 Å². The second-order valence-electron chi connectivity index (χ2n) is 5.89. The van der Waals surface area contributed by atoms with Gasteiger partial charge in [0.25, 0.3) is 10.0 Å². The number of rotatable bonds is 5. The fourth-order valence-corrected chi connectivity index (χ4v) is 4.25. The zero-order valence-electron chi connectivity index (χ0n) is 13.6. The number of likely N-dealkylation sites (tertiary alicyclic amines) is 1. The maximum atomic E-state index is 13.1. The molecule has 3 rings (SSSR count). The third kappa shape index (κ3) is 3.82. The second kappa shape index (κ2) is 7.23. The average Bonchev–Trinajstić information content (AvgIpc) is 3.15. The van der Waals surface area contributed by atoms with Crippen LogP contribution in [0.4, 0.5) is 10.1 Å². The third-order valence-electron chi connectivity index (χ3n) is 4.18. The Labute approximate surface area is 146 Å². The smallest absolute Gasteiger partial charge is 0.264 e. The van der Waals surface area contributed by atoms with E-state index in [4.69, 9.17) is 0 Å². The van der Waals surface area contributed by atoms with E-state index in [2.05, 4.69) is 0 Å². The largest absolute Gasteiger partial charge is 0.341 e. The Kier molecular flexibility index (Phi) is 5.03. The van der Waals surface area contributed by atoms with Crippen LogP contribution in [0.25, 0.3) is 0 Å². The summed E-state index contributed by atoms with van der Waals surface area (Å²) in [4.78, 5) is 14.1. The van der Waals surface area contributed by atoms with E-state index in [9.17, 15) is 17.6 Å². The average molecular weight is 362 g/mol. The first-order valence-corrected chi connectivity index (χ1v) is 9.53. The Bertz CT molecular complexity index is 832. The molecule has 2 aromatic rings. The van der Waals surface area contributed by atoms with Crippen molar-refractivity contribution in [3.8, 4) is 0 Å². The van der Waals surface area contributed by atoms with Crippen LogP contribution in [0.5, 0.6) is 0 Å². The summed E-state index contributed by atoms with van der Waals surface area (Å²) in [5.74, 6) is -0.745. The highest BCUT2D eigenvalue weighted by Crippen LogP contribution is 2.24. The number of anilines is 1. The van der Waals surface area contributed by atoms with Crippen molar-refractivity contribution in [2.24, 2.45) is 0 Å². The summed E-state index contributed by atoms with van der Waals surface area (Å²) >= 11 is 0. The van der Waals surface area contributed by atoms with Crippen LogP contribution in [0.2, 0.25) is 0 Å². The monoisotopic (exact) mass is 362 g/mol. The van der Waals surface area contributed by atoms with Crippen LogP contribution in [-0.4, -0.2) is 38.9 Å². The number of nitrogens with zero attached hydrogens (tertiary/aromatic N) is 2. The van der Waals surface area contributed by atoms with Crippen LogP contribution in [-0.2, 0) is 14.8 Å². The van der Waals surface area contributed by atoms with E-state index in [-0.39, 0.29) is 17.3 Å². The number of sulfonamides is 1. The molecule has 132 valence electrons. The van der Waals surface area contributed by atoms with Crippen LogP contribution in [0, 0.1) is 5.82 Å². The zero-order chi connectivity index (χ0) is 17.9. The quantitative estimate of drug-likeness (QED) is 0.822. The Morgan fingerprint density at radius 1 is 1.00 bits per heavy atom. The van der Waals surface area contributed by atoms with Crippen molar-refractivity contribution >= 4 is 21.6 Å². The molecule has 0 spiro atoms. The van der Waals surface area contributed by atoms with Gasteiger partial charge in [-0.2, -0.15) is 0 Å². The minimum Gasteiger partial charge on any atom is -0.341 e. The minimum atomic E-state index is -3.98. The van der Waals surface area contributed by atoms with Crippen molar-refractivity contribution in [3.63, 3.8) is 0 Å². The lowest BCUT2D eigenvalue weighted by Crippen LogP contribution is -2.42. The predicted molar refractivity (Wildman–Crippen MR) is 93.2 cm³/mol. The number of hydrogen-bond donors (Lipinski definition) is 0. The van der Waals surface area contributed by atoms with Gasteiger partial charge in [0.2, 0.25) is 5.91 Å². The lowest BCUT2D eigenvalue weighted by atomic mass is 10.3. The van der Waals surface area contributed by atoms with E-state index in [1.807, 2.05) is 0 Å². The summed E-state index contributed by atoms with van der Waals surface area (Å²) in [5.41, 5.74) is 0.402. The van der Waals surface area contributed by atoms with E-state index >= 15 is 0 Å². The van der Waals surface area contributed by atoms with E-state index in [0.29, 0.717) is 18.8 Å². The Balaban J connectivity index is 1.95. The molecule has 7 heteroatoms. The van der Waals surface area contributed by atoms with Crippen LogP contribution < -0.4 is 4.31 Å². The maximum Gasteiger partial charge on any atom is 0.264 e. The first kappa shape index (κ1) is 17.4. The molecule has 2 aromatic carbocycles. The molecule has 1 amide bonds. The maximum absolute atomic E-state index is 13.1. The molecule has 1 aliphatic rings. The van der Waals surface area contributed by atoms with Gasteiger partial charge in [0.15, 0.2) is 0 Å². The second-order valence-corrected chi connectivity index (χ2v) is 7.75. The van der Waals surface area contributed by atoms with Gasteiger partial charge in [-0.05, 0) is 49.2 Å². The molecule has 1 aliphatic heterocycles. The molecule has 1 heterocycles. The number of hydrogen-bond acceptors (Lipinski definition) is 3. The molecule has 0 N–H and O–H groups in total. The lowest BCUT2D eigenvalue weighted by Gasteiger charge is -2.26. The molecule has 1 saturated heterocycles. The molecule has 0 atom stereocenters. The lowest BCUT2D eigenvalue weighted by molar-refractivity contribution is -0.128. The highest BCUT2D eigenvalue weighted by atomic mass is 32.2. The van der Waals surface area contributed by atoms with Gasteiger partial charge < -0.3 is 4.90 Å². The SMILES string of the molecule is O=C(CN(c1ccccc1)S(=O)(=O)c1ccc(F)cc1)N1CCCC1.